The Balaban J connectivity index is 1.76. The van der Waals surface area contributed by atoms with E-state index in [9.17, 15) is 8.42 Å². The first-order chi connectivity index (χ1) is 7.36. The lowest BCUT2D eigenvalue weighted by molar-refractivity contribution is -0.0145. The summed E-state index contributed by atoms with van der Waals surface area (Å²) in [7, 11) is -2.95. The van der Waals surface area contributed by atoms with Crippen molar-refractivity contribution in [3.05, 3.63) is 11.5 Å². The molecule has 0 saturated carbocycles. The van der Waals surface area contributed by atoms with E-state index >= 15 is 0 Å². The fraction of sp³-hybridized carbons (Fsp3) is 0.818. The molecule has 1 N–H and O–H groups in total. The Hall–Kier alpha value is -0.390. The van der Waals surface area contributed by atoms with Crippen molar-refractivity contribution in [3.63, 3.8) is 0 Å². The SMILES string of the molecule is CC1(C)CCC(CNC2C=CS(=O)(=O)C2)O1. The van der Waals surface area contributed by atoms with E-state index in [4.69, 9.17) is 4.74 Å². The summed E-state index contributed by atoms with van der Waals surface area (Å²) in [4.78, 5) is 0. The summed E-state index contributed by atoms with van der Waals surface area (Å²) >= 11 is 0. The smallest absolute Gasteiger partial charge is 0.173 e. The zero-order valence-corrected chi connectivity index (χ0v) is 10.6. The van der Waals surface area contributed by atoms with E-state index in [0.717, 1.165) is 19.4 Å². The third kappa shape index (κ3) is 3.06. The normalized spacial score (nSPS) is 35.6. The lowest BCUT2D eigenvalue weighted by atomic mass is 10.1. The Morgan fingerprint density at radius 3 is 2.75 bits per heavy atom. The largest absolute Gasteiger partial charge is 0.371 e. The molecule has 1 fully saturated rings. The maximum Gasteiger partial charge on any atom is 0.173 e. The van der Waals surface area contributed by atoms with Crippen LogP contribution in [0.3, 0.4) is 0 Å². The van der Waals surface area contributed by atoms with Gasteiger partial charge in [0.1, 0.15) is 0 Å². The van der Waals surface area contributed by atoms with Crippen LogP contribution >= 0.6 is 0 Å². The molecule has 0 aromatic rings. The van der Waals surface area contributed by atoms with E-state index in [1.54, 1.807) is 6.08 Å². The predicted octanol–water partition coefficient (Wildman–Crippen LogP) is 0.844. The lowest BCUT2D eigenvalue weighted by Crippen LogP contribution is -2.37. The summed E-state index contributed by atoms with van der Waals surface area (Å²) in [5.74, 6) is 0.184. The molecule has 0 amide bonds. The zero-order chi connectivity index (χ0) is 11.8. The molecule has 0 radical (unpaired) electrons. The van der Waals surface area contributed by atoms with Crippen LogP contribution in [0.15, 0.2) is 11.5 Å². The highest BCUT2D eigenvalue weighted by Crippen LogP contribution is 2.28. The van der Waals surface area contributed by atoms with Gasteiger partial charge in [0.05, 0.1) is 17.5 Å². The molecule has 2 aliphatic rings. The number of ether oxygens (including phenoxy) is 1. The van der Waals surface area contributed by atoms with Crippen LogP contribution in [0.4, 0.5) is 0 Å². The van der Waals surface area contributed by atoms with Gasteiger partial charge in [-0.05, 0) is 26.7 Å². The Morgan fingerprint density at radius 2 is 2.25 bits per heavy atom. The maximum absolute atomic E-state index is 11.2. The van der Waals surface area contributed by atoms with Crippen molar-refractivity contribution in [3.8, 4) is 0 Å². The van der Waals surface area contributed by atoms with E-state index in [0.29, 0.717) is 0 Å². The van der Waals surface area contributed by atoms with Crippen LogP contribution in [0.2, 0.25) is 0 Å². The summed E-state index contributed by atoms with van der Waals surface area (Å²) in [5.41, 5.74) is -0.0239. The minimum Gasteiger partial charge on any atom is -0.371 e. The van der Waals surface area contributed by atoms with E-state index in [1.165, 1.54) is 5.41 Å². The summed E-state index contributed by atoms with van der Waals surface area (Å²) < 4.78 is 28.2. The highest BCUT2D eigenvalue weighted by molar-refractivity contribution is 7.94. The van der Waals surface area contributed by atoms with Gasteiger partial charge in [0.15, 0.2) is 9.84 Å². The molecule has 1 saturated heterocycles. The first-order valence-electron chi connectivity index (χ1n) is 5.68. The molecule has 4 nitrogen and oxygen atoms in total. The standard InChI is InChI=1S/C11H19NO3S/c1-11(2)5-3-10(15-11)7-12-9-4-6-16(13,14)8-9/h4,6,9-10,12H,3,5,7-8H2,1-2H3. The van der Waals surface area contributed by atoms with Gasteiger partial charge in [0.25, 0.3) is 0 Å². The van der Waals surface area contributed by atoms with Gasteiger partial charge >= 0.3 is 0 Å². The summed E-state index contributed by atoms with van der Waals surface area (Å²) in [6, 6.07) is -0.0442. The van der Waals surface area contributed by atoms with Crippen LogP contribution < -0.4 is 5.32 Å². The van der Waals surface area contributed by atoms with Crippen molar-refractivity contribution >= 4 is 9.84 Å². The maximum atomic E-state index is 11.2. The van der Waals surface area contributed by atoms with Crippen molar-refractivity contribution in [2.24, 2.45) is 0 Å². The molecule has 0 bridgehead atoms. The fourth-order valence-corrected chi connectivity index (χ4v) is 3.48. The van der Waals surface area contributed by atoms with Gasteiger partial charge in [-0.25, -0.2) is 8.42 Å². The van der Waals surface area contributed by atoms with Gasteiger partial charge in [-0.15, -0.1) is 0 Å². The molecule has 0 aliphatic carbocycles. The third-order valence-electron chi connectivity index (χ3n) is 3.09. The molecule has 0 spiro atoms. The molecule has 92 valence electrons. The van der Waals surface area contributed by atoms with Crippen molar-refractivity contribution in [2.75, 3.05) is 12.3 Å². The van der Waals surface area contributed by atoms with E-state index in [-0.39, 0.29) is 23.5 Å². The lowest BCUT2D eigenvalue weighted by Gasteiger charge is -2.20. The third-order valence-corrected chi connectivity index (χ3v) is 4.49. The molecule has 2 heterocycles. The minimum absolute atomic E-state index is 0.0239. The van der Waals surface area contributed by atoms with Gasteiger partial charge < -0.3 is 10.1 Å². The van der Waals surface area contributed by atoms with Gasteiger partial charge in [0.2, 0.25) is 0 Å². The van der Waals surface area contributed by atoms with Crippen molar-refractivity contribution in [2.45, 2.75) is 44.4 Å². The van der Waals surface area contributed by atoms with Crippen molar-refractivity contribution in [1.29, 1.82) is 0 Å². The van der Waals surface area contributed by atoms with E-state index in [2.05, 4.69) is 19.2 Å². The fourth-order valence-electron chi connectivity index (χ4n) is 2.21. The van der Waals surface area contributed by atoms with E-state index < -0.39 is 9.84 Å². The average Bonchev–Trinajstić information content (AvgIpc) is 2.66. The van der Waals surface area contributed by atoms with Gasteiger partial charge in [0, 0.05) is 18.0 Å². The molecule has 5 heteroatoms. The van der Waals surface area contributed by atoms with Gasteiger partial charge in [-0.1, -0.05) is 6.08 Å². The summed E-state index contributed by atoms with van der Waals surface area (Å²) in [6.07, 6.45) is 4.04. The first kappa shape index (κ1) is 12.1. The summed E-state index contributed by atoms with van der Waals surface area (Å²) in [6.45, 7) is 4.91. The molecule has 16 heavy (non-hydrogen) atoms. The number of nitrogens with one attached hydrogen (secondary N) is 1. The molecule has 0 aromatic carbocycles. The molecular formula is C11H19NO3S. The second-order valence-electron chi connectivity index (χ2n) is 5.21. The molecule has 2 rings (SSSR count). The van der Waals surface area contributed by atoms with Crippen LogP contribution in [0.25, 0.3) is 0 Å². The number of rotatable bonds is 3. The van der Waals surface area contributed by atoms with Crippen LogP contribution in [0, 0.1) is 0 Å². The number of sulfone groups is 1. The average molecular weight is 245 g/mol. The summed E-state index contributed by atoms with van der Waals surface area (Å²) in [5, 5.41) is 4.52. The topological polar surface area (TPSA) is 55.4 Å². The van der Waals surface area contributed by atoms with Crippen molar-refractivity contribution in [1.82, 2.24) is 5.32 Å². The second-order valence-corrected chi connectivity index (χ2v) is 7.14. The molecule has 2 atom stereocenters. The minimum atomic E-state index is -2.95. The van der Waals surface area contributed by atoms with Crippen molar-refractivity contribution < 1.29 is 13.2 Å². The Kier molecular flexibility index (Phi) is 3.11. The van der Waals surface area contributed by atoms with Gasteiger partial charge in [-0.3, -0.25) is 0 Å². The quantitative estimate of drug-likeness (QED) is 0.800. The van der Waals surface area contributed by atoms with Crippen LogP contribution in [-0.4, -0.2) is 38.5 Å². The van der Waals surface area contributed by atoms with Crippen LogP contribution in [0.1, 0.15) is 26.7 Å². The van der Waals surface area contributed by atoms with Crippen LogP contribution in [-0.2, 0) is 14.6 Å². The molecular weight excluding hydrogens is 226 g/mol. The Labute approximate surface area is 97.0 Å². The predicted molar refractivity (Wildman–Crippen MR) is 62.9 cm³/mol. The molecule has 2 aliphatic heterocycles. The number of hydrogen-bond donors (Lipinski definition) is 1. The van der Waals surface area contributed by atoms with Gasteiger partial charge in [-0.2, -0.15) is 0 Å². The second kappa shape index (κ2) is 4.13. The molecule has 2 unspecified atom stereocenters. The van der Waals surface area contributed by atoms with Crippen LogP contribution in [0.5, 0.6) is 0 Å². The van der Waals surface area contributed by atoms with E-state index in [1.807, 2.05) is 0 Å². The zero-order valence-electron chi connectivity index (χ0n) is 9.77. The monoisotopic (exact) mass is 245 g/mol. The highest BCUT2D eigenvalue weighted by atomic mass is 32.2. The number of hydrogen-bond acceptors (Lipinski definition) is 4. The highest BCUT2D eigenvalue weighted by Gasteiger charge is 2.32. The Morgan fingerprint density at radius 1 is 1.50 bits per heavy atom. The molecule has 0 aromatic heterocycles. The Bertz CT molecular complexity index is 386. The first-order valence-corrected chi connectivity index (χ1v) is 7.40.